The lowest BCUT2D eigenvalue weighted by atomic mass is 10.3. The summed E-state index contributed by atoms with van der Waals surface area (Å²) in [4.78, 5) is 0. The summed E-state index contributed by atoms with van der Waals surface area (Å²) in [5.41, 5.74) is 1.97. The van der Waals surface area contributed by atoms with Crippen molar-refractivity contribution in [2.45, 2.75) is 17.8 Å². The van der Waals surface area contributed by atoms with Crippen LogP contribution in [0.3, 0.4) is 0 Å². The Morgan fingerprint density at radius 3 is 2.24 bits per heavy atom. The zero-order valence-corrected chi connectivity index (χ0v) is 14.3. The first-order valence-electron chi connectivity index (χ1n) is 7.76. The first kappa shape index (κ1) is 15.5. The Balaban J connectivity index is 1.59. The van der Waals surface area contributed by atoms with Crippen molar-refractivity contribution in [3.63, 3.8) is 0 Å². The zero-order chi connectivity index (χ0) is 17.1. The van der Waals surface area contributed by atoms with Crippen LogP contribution in [0.2, 0.25) is 0 Å². The number of aryl methyl sites for hydroxylation is 1. The van der Waals surface area contributed by atoms with Crippen LogP contribution in [-0.2, 0) is 5.75 Å². The van der Waals surface area contributed by atoms with Crippen molar-refractivity contribution in [2.24, 2.45) is 0 Å². The number of thioether (sulfide) groups is 1. The van der Waals surface area contributed by atoms with Gasteiger partial charge in [0.1, 0.15) is 5.82 Å². The third-order valence-corrected chi connectivity index (χ3v) is 4.60. The van der Waals surface area contributed by atoms with Gasteiger partial charge in [0, 0.05) is 5.69 Å². The number of rotatable bonds is 5. The normalized spacial score (nSPS) is 10.9. The van der Waals surface area contributed by atoms with Gasteiger partial charge in [-0.25, -0.2) is 0 Å². The summed E-state index contributed by atoms with van der Waals surface area (Å²) in [5, 5.41) is 21.3. The van der Waals surface area contributed by atoms with Gasteiger partial charge in [-0.15, -0.1) is 15.3 Å². The first-order valence-corrected chi connectivity index (χ1v) is 8.74. The second-order valence-corrected chi connectivity index (χ2v) is 6.27. The molecule has 2 aromatic carbocycles. The van der Waals surface area contributed by atoms with E-state index in [9.17, 15) is 0 Å². The van der Waals surface area contributed by atoms with Gasteiger partial charge in [0.2, 0.25) is 0 Å². The van der Waals surface area contributed by atoms with Gasteiger partial charge in [-0.3, -0.25) is 4.57 Å². The Bertz CT molecular complexity index is 963. The molecule has 4 aromatic rings. The van der Waals surface area contributed by atoms with Crippen molar-refractivity contribution >= 4 is 11.8 Å². The lowest BCUT2D eigenvalue weighted by Gasteiger charge is -2.08. The van der Waals surface area contributed by atoms with E-state index < -0.39 is 0 Å². The number of tetrazole rings is 1. The molecule has 25 heavy (non-hydrogen) atoms. The lowest BCUT2D eigenvalue weighted by Crippen LogP contribution is -2.03. The van der Waals surface area contributed by atoms with Crippen molar-refractivity contribution in [1.29, 1.82) is 0 Å². The van der Waals surface area contributed by atoms with Gasteiger partial charge in [-0.2, -0.15) is 4.68 Å². The van der Waals surface area contributed by atoms with Gasteiger partial charge in [-0.1, -0.05) is 48.2 Å². The van der Waals surface area contributed by atoms with Crippen molar-refractivity contribution in [1.82, 2.24) is 35.0 Å². The summed E-state index contributed by atoms with van der Waals surface area (Å²) in [6.07, 6.45) is 0. The molecule has 4 rings (SSSR count). The Hall–Kier alpha value is -3.00. The minimum absolute atomic E-state index is 0.590. The van der Waals surface area contributed by atoms with Gasteiger partial charge in [0.15, 0.2) is 11.0 Å². The van der Waals surface area contributed by atoms with E-state index in [2.05, 4.69) is 25.7 Å². The molecule has 0 aliphatic carbocycles. The molecule has 2 heterocycles. The maximum Gasteiger partial charge on any atom is 0.196 e. The van der Waals surface area contributed by atoms with Gasteiger partial charge in [0.05, 0.1) is 11.4 Å². The fourth-order valence-corrected chi connectivity index (χ4v) is 3.41. The van der Waals surface area contributed by atoms with E-state index in [1.807, 2.05) is 72.2 Å². The second-order valence-electron chi connectivity index (χ2n) is 5.33. The van der Waals surface area contributed by atoms with Crippen LogP contribution in [0.15, 0.2) is 65.8 Å². The van der Waals surface area contributed by atoms with E-state index in [-0.39, 0.29) is 0 Å². The number of hydrogen-bond acceptors (Lipinski definition) is 6. The van der Waals surface area contributed by atoms with E-state index >= 15 is 0 Å². The topological polar surface area (TPSA) is 74.3 Å². The van der Waals surface area contributed by atoms with Crippen LogP contribution in [0.4, 0.5) is 0 Å². The van der Waals surface area contributed by atoms with Crippen molar-refractivity contribution in [3.05, 3.63) is 72.3 Å². The predicted octanol–water partition coefficient (Wildman–Crippen LogP) is 2.84. The monoisotopic (exact) mass is 349 g/mol. The molecule has 0 spiro atoms. The average molecular weight is 349 g/mol. The van der Waals surface area contributed by atoms with Crippen LogP contribution in [0.25, 0.3) is 11.4 Å². The molecule has 0 N–H and O–H groups in total. The molecule has 0 saturated carbocycles. The molecule has 0 atom stereocenters. The van der Waals surface area contributed by atoms with E-state index in [1.54, 1.807) is 16.4 Å². The van der Waals surface area contributed by atoms with Crippen LogP contribution in [0.1, 0.15) is 11.6 Å². The molecule has 0 bridgehead atoms. The summed E-state index contributed by atoms with van der Waals surface area (Å²) in [6.45, 7) is 1.94. The minimum atomic E-state index is 0.590. The first-order chi connectivity index (χ1) is 12.3. The molecule has 0 aliphatic heterocycles. The number of para-hydroxylation sites is 2. The zero-order valence-electron chi connectivity index (χ0n) is 13.5. The van der Waals surface area contributed by atoms with Crippen LogP contribution in [-0.4, -0.2) is 35.0 Å². The van der Waals surface area contributed by atoms with E-state index in [0.29, 0.717) is 5.75 Å². The van der Waals surface area contributed by atoms with E-state index in [1.165, 1.54) is 0 Å². The Morgan fingerprint density at radius 1 is 0.840 bits per heavy atom. The molecule has 0 aliphatic rings. The molecule has 0 radical (unpaired) electrons. The summed E-state index contributed by atoms with van der Waals surface area (Å²) in [7, 11) is 0. The summed E-state index contributed by atoms with van der Waals surface area (Å²) >= 11 is 1.56. The molecule has 0 saturated heterocycles. The highest BCUT2D eigenvalue weighted by molar-refractivity contribution is 7.98. The second kappa shape index (κ2) is 6.86. The van der Waals surface area contributed by atoms with Crippen LogP contribution in [0, 0.1) is 6.92 Å². The highest BCUT2D eigenvalue weighted by Crippen LogP contribution is 2.24. The van der Waals surface area contributed by atoms with Gasteiger partial charge >= 0.3 is 0 Å². The molecular weight excluding hydrogens is 334 g/mol. The summed E-state index contributed by atoms with van der Waals surface area (Å²) in [6, 6.07) is 19.9. The van der Waals surface area contributed by atoms with E-state index in [4.69, 9.17) is 0 Å². The standard InChI is InChI=1S/C17H15N7S/c1-13-18-20-17(23(13)14-8-4-2-5-9-14)25-12-16-19-21-22-24(16)15-10-6-3-7-11-15/h2-11H,12H2,1H3. The molecule has 0 amide bonds. The number of benzene rings is 2. The molecule has 124 valence electrons. The van der Waals surface area contributed by atoms with Crippen LogP contribution >= 0.6 is 11.8 Å². The smallest absolute Gasteiger partial charge is 0.196 e. The van der Waals surface area contributed by atoms with Gasteiger partial charge in [0.25, 0.3) is 0 Å². The predicted molar refractivity (Wildman–Crippen MR) is 94.8 cm³/mol. The SMILES string of the molecule is Cc1nnc(SCc2nnnn2-c2ccccc2)n1-c1ccccc1. The lowest BCUT2D eigenvalue weighted by molar-refractivity contribution is 0.777. The summed E-state index contributed by atoms with van der Waals surface area (Å²) in [5.74, 6) is 2.19. The third-order valence-electron chi connectivity index (χ3n) is 3.67. The van der Waals surface area contributed by atoms with Crippen molar-refractivity contribution in [2.75, 3.05) is 0 Å². The molecule has 0 unspecified atom stereocenters. The summed E-state index contributed by atoms with van der Waals surface area (Å²) < 4.78 is 3.77. The van der Waals surface area contributed by atoms with Crippen molar-refractivity contribution in [3.8, 4) is 11.4 Å². The Kier molecular flexibility index (Phi) is 4.26. The fourth-order valence-electron chi connectivity index (χ4n) is 2.51. The Morgan fingerprint density at radius 2 is 1.52 bits per heavy atom. The number of nitrogens with zero attached hydrogens (tertiary/aromatic N) is 7. The van der Waals surface area contributed by atoms with Gasteiger partial charge in [-0.05, 0) is 41.6 Å². The molecule has 0 fully saturated rings. The average Bonchev–Trinajstić information content (AvgIpc) is 3.28. The number of hydrogen-bond donors (Lipinski definition) is 0. The minimum Gasteiger partial charge on any atom is -0.274 e. The highest BCUT2D eigenvalue weighted by Gasteiger charge is 2.14. The van der Waals surface area contributed by atoms with Crippen LogP contribution < -0.4 is 0 Å². The highest BCUT2D eigenvalue weighted by atomic mass is 32.2. The van der Waals surface area contributed by atoms with Gasteiger partial charge < -0.3 is 0 Å². The molecule has 2 aromatic heterocycles. The van der Waals surface area contributed by atoms with Crippen molar-refractivity contribution < 1.29 is 0 Å². The maximum absolute atomic E-state index is 4.29. The molecule has 7 nitrogen and oxygen atoms in total. The third kappa shape index (κ3) is 3.16. The quantitative estimate of drug-likeness (QED) is 0.516. The largest absolute Gasteiger partial charge is 0.274 e. The molecule has 8 heteroatoms. The Labute approximate surface area is 148 Å². The van der Waals surface area contributed by atoms with Crippen LogP contribution in [0.5, 0.6) is 0 Å². The fraction of sp³-hybridized carbons (Fsp3) is 0.118. The number of aromatic nitrogens is 7. The maximum atomic E-state index is 4.29. The van der Waals surface area contributed by atoms with E-state index in [0.717, 1.165) is 28.2 Å². The molecular formula is C17H15N7S.